The van der Waals surface area contributed by atoms with Crippen LogP contribution >= 0.6 is 0 Å². The lowest BCUT2D eigenvalue weighted by molar-refractivity contribution is -0.171. The molecule has 162 valence electrons. The number of aryl methyl sites for hydroxylation is 1. The number of fused-ring (bicyclic) bond motifs is 5. The second-order valence-electron chi connectivity index (χ2n) is 9.33. The van der Waals surface area contributed by atoms with Crippen molar-refractivity contribution in [3.8, 4) is 5.75 Å². The Bertz CT molecular complexity index is 876. The monoisotopic (exact) mass is 414 g/mol. The predicted octanol–water partition coefficient (Wildman–Crippen LogP) is 3.94. The molecule has 0 saturated heterocycles. The molecule has 6 nitrogen and oxygen atoms in total. The van der Waals surface area contributed by atoms with Crippen LogP contribution in [0.2, 0.25) is 0 Å². The smallest absolute Gasteiger partial charge is 0.308 e. The van der Waals surface area contributed by atoms with Gasteiger partial charge >= 0.3 is 17.9 Å². The lowest BCUT2D eigenvalue weighted by Crippen LogP contribution is -2.46. The Morgan fingerprint density at radius 2 is 1.73 bits per heavy atom. The summed E-state index contributed by atoms with van der Waals surface area (Å²) in [5, 5.41) is 0. The number of ether oxygens (including phenoxy) is 3. The fourth-order valence-corrected chi connectivity index (χ4v) is 6.44. The third kappa shape index (κ3) is 3.61. The van der Waals surface area contributed by atoms with Gasteiger partial charge in [0.05, 0.1) is 0 Å². The molecule has 0 amide bonds. The molecule has 4 rings (SSSR count). The van der Waals surface area contributed by atoms with Crippen molar-refractivity contribution in [1.29, 1.82) is 0 Å². The highest BCUT2D eigenvalue weighted by molar-refractivity contribution is 5.69. The van der Waals surface area contributed by atoms with Crippen LogP contribution in [-0.4, -0.2) is 30.1 Å². The Hall–Kier alpha value is -2.37. The molecule has 2 saturated carbocycles. The van der Waals surface area contributed by atoms with Gasteiger partial charge in [-0.3, -0.25) is 14.4 Å². The number of carbonyl (C=O) groups is 3. The maximum absolute atomic E-state index is 11.8. The molecule has 6 atom stereocenters. The van der Waals surface area contributed by atoms with Crippen molar-refractivity contribution in [2.75, 3.05) is 0 Å². The van der Waals surface area contributed by atoms with Gasteiger partial charge in [0.2, 0.25) is 0 Å². The highest BCUT2D eigenvalue weighted by Crippen LogP contribution is 2.62. The summed E-state index contributed by atoms with van der Waals surface area (Å²) < 4.78 is 16.6. The zero-order chi connectivity index (χ0) is 21.6. The van der Waals surface area contributed by atoms with E-state index >= 15 is 0 Å². The summed E-state index contributed by atoms with van der Waals surface area (Å²) in [4.78, 5) is 34.8. The van der Waals surface area contributed by atoms with E-state index in [1.807, 2.05) is 12.1 Å². The van der Waals surface area contributed by atoms with Gasteiger partial charge in [0.15, 0.2) is 0 Å². The molecule has 30 heavy (non-hydrogen) atoms. The van der Waals surface area contributed by atoms with Crippen LogP contribution in [-0.2, 0) is 30.3 Å². The highest BCUT2D eigenvalue weighted by Gasteiger charge is 2.61. The molecule has 0 unspecified atom stereocenters. The quantitative estimate of drug-likeness (QED) is 0.551. The van der Waals surface area contributed by atoms with Gasteiger partial charge in [-0.15, -0.1) is 0 Å². The molecule has 2 fully saturated rings. The molecular formula is C24H30O6. The third-order valence-corrected chi connectivity index (χ3v) is 7.48. The molecule has 3 aliphatic carbocycles. The molecular weight excluding hydrogens is 384 g/mol. The Morgan fingerprint density at radius 3 is 2.40 bits per heavy atom. The van der Waals surface area contributed by atoms with Gasteiger partial charge in [0.1, 0.15) is 18.0 Å². The first-order valence-electron chi connectivity index (χ1n) is 10.8. The van der Waals surface area contributed by atoms with E-state index in [2.05, 4.69) is 13.0 Å². The number of hydrogen-bond acceptors (Lipinski definition) is 6. The third-order valence-electron chi connectivity index (χ3n) is 7.48. The molecule has 1 aromatic carbocycles. The topological polar surface area (TPSA) is 78.9 Å². The van der Waals surface area contributed by atoms with Crippen LogP contribution in [0.15, 0.2) is 18.2 Å². The Kier molecular flexibility index (Phi) is 5.37. The van der Waals surface area contributed by atoms with Gasteiger partial charge in [-0.25, -0.2) is 0 Å². The number of carbonyl (C=O) groups excluding carboxylic acids is 3. The summed E-state index contributed by atoms with van der Waals surface area (Å²) in [5.74, 6) is 0.839. The molecule has 0 radical (unpaired) electrons. The second kappa shape index (κ2) is 7.71. The molecule has 1 aromatic rings. The number of benzene rings is 1. The van der Waals surface area contributed by atoms with Crippen LogP contribution in [0.3, 0.4) is 0 Å². The molecule has 0 heterocycles. The first-order valence-corrected chi connectivity index (χ1v) is 10.8. The van der Waals surface area contributed by atoms with Gasteiger partial charge in [0.25, 0.3) is 0 Å². The van der Waals surface area contributed by atoms with Gasteiger partial charge in [-0.1, -0.05) is 13.0 Å². The van der Waals surface area contributed by atoms with Crippen LogP contribution in [0.25, 0.3) is 0 Å². The lowest BCUT2D eigenvalue weighted by Gasteiger charge is -2.50. The molecule has 0 spiro atoms. The summed E-state index contributed by atoms with van der Waals surface area (Å²) in [7, 11) is 0. The number of rotatable bonds is 3. The minimum Gasteiger partial charge on any atom is -0.459 e. The van der Waals surface area contributed by atoms with Crippen LogP contribution < -0.4 is 4.74 Å². The van der Waals surface area contributed by atoms with Crippen molar-refractivity contribution >= 4 is 17.9 Å². The summed E-state index contributed by atoms with van der Waals surface area (Å²) in [6.07, 6.45) is 3.83. The number of esters is 3. The maximum Gasteiger partial charge on any atom is 0.308 e. The van der Waals surface area contributed by atoms with E-state index in [-0.39, 0.29) is 29.4 Å². The molecule has 0 bridgehead atoms. The number of hydrogen-bond donors (Lipinski definition) is 0. The highest BCUT2D eigenvalue weighted by atomic mass is 16.6. The molecule has 0 N–H and O–H groups in total. The first-order chi connectivity index (χ1) is 14.2. The lowest BCUT2D eigenvalue weighted by atomic mass is 9.55. The summed E-state index contributed by atoms with van der Waals surface area (Å²) in [6, 6.07) is 5.99. The largest absolute Gasteiger partial charge is 0.459 e. The standard InChI is InChI=1S/C24H30O6/c1-13(25)28-17-6-8-18-16(11-17)5-7-20-19(18)9-10-24(4)21(20)12-22(29-14(2)26)23(24)30-15(3)27/h6,8,11,19-23H,5,7,9-10,12H2,1-4H3/t19-,20-,21+,22-,23+,24+/m1/s1. The van der Waals surface area contributed by atoms with Crippen LogP contribution in [0.1, 0.15) is 70.4 Å². The van der Waals surface area contributed by atoms with E-state index in [1.165, 1.54) is 31.9 Å². The van der Waals surface area contributed by atoms with E-state index in [1.54, 1.807) is 0 Å². The minimum absolute atomic E-state index is 0.192. The Labute approximate surface area is 177 Å². The summed E-state index contributed by atoms with van der Waals surface area (Å²) in [5.41, 5.74) is 2.40. The van der Waals surface area contributed by atoms with Crippen LogP contribution in [0.5, 0.6) is 5.75 Å². The van der Waals surface area contributed by atoms with Crippen molar-refractivity contribution in [1.82, 2.24) is 0 Å². The first kappa shape index (κ1) is 20.9. The zero-order valence-electron chi connectivity index (χ0n) is 18.1. The maximum atomic E-state index is 11.8. The Balaban J connectivity index is 1.62. The van der Waals surface area contributed by atoms with E-state index in [0.29, 0.717) is 23.5 Å². The van der Waals surface area contributed by atoms with Gasteiger partial charge < -0.3 is 14.2 Å². The summed E-state index contributed by atoms with van der Waals surface area (Å²) >= 11 is 0. The van der Waals surface area contributed by atoms with Crippen molar-refractivity contribution in [3.63, 3.8) is 0 Å². The Morgan fingerprint density at radius 1 is 1.00 bits per heavy atom. The van der Waals surface area contributed by atoms with E-state index in [9.17, 15) is 14.4 Å². The van der Waals surface area contributed by atoms with E-state index in [0.717, 1.165) is 32.1 Å². The van der Waals surface area contributed by atoms with E-state index in [4.69, 9.17) is 14.2 Å². The van der Waals surface area contributed by atoms with Crippen molar-refractivity contribution in [2.24, 2.45) is 17.3 Å². The molecule has 6 heteroatoms. The van der Waals surface area contributed by atoms with Crippen LogP contribution in [0, 0.1) is 17.3 Å². The fourth-order valence-electron chi connectivity index (χ4n) is 6.44. The second-order valence-corrected chi connectivity index (χ2v) is 9.33. The van der Waals surface area contributed by atoms with Gasteiger partial charge in [0, 0.05) is 26.2 Å². The molecule has 0 aliphatic heterocycles. The van der Waals surface area contributed by atoms with Gasteiger partial charge in [-0.05, 0) is 73.1 Å². The minimum atomic E-state index is -0.391. The molecule has 3 aliphatic rings. The predicted molar refractivity (Wildman–Crippen MR) is 109 cm³/mol. The average Bonchev–Trinajstić information content (AvgIpc) is 2.92. The molecule has 0 aromatic heterocycles. The van der Waals surface area contributed by atoms with Gasteiger partial charge in [-0.2, -0.15) is 0 Å². The van der Waals surface area contributed by atoms with E-state index < -0.39 is 6.10 Å². The SMILES string of the molecule is CC(=O)Oc1ccc2c(c1)CC[C@@H]1[C@@H]2CC[C@@]2(C)[C@H]1C[C@@H](OC(C)=O)[C@@H]2OC(C)=O. The van der Waals surface area contributed by atoms with Crippen molar-refractivity contribution in [3.05, 3.63) is 29.3 Å². The zero-order valence-corrected chi connectivity index (χ0v) is 18.1. The summed E-state index contributed by atoms with van der Waals surface area (Å²) in [6.45, 7) is 6.45. The fraction of sp³-hybridized carbons (Fsp3) is 0.625. The van der Waals surface area contributed by atoms with Crippen molar-refractivity contribution < 1.29 is 28.6 Å². The van der Waals surface area contributed by atoms with Crippen LogP contribution in [0.4, 0.5) is 0 Å². The average molecular weight is 414 g/mol. The normalized spacial score (nSPS) is 34.2. The van der Waals surface area contributed by atoms with Crippen molar-refractivity contribution in [2.45, 2.75) is 77.9 Å².